The second-order valence-corrected chi connectivity index (χ2v) is 55.2. The van der Waals surface area contributed by atoms with E-state index in [1.165, 1.54) is 135 Å². The van der Waals surface area contributed by atoms with Crippen LogP contribution in [0.4, 0.5) is 4.79 Å². The lowest BCUT2D eigenvalue weighted by Crippen LogP contribution is -2.52. The number of carbonyl (C=O) groups excluding carboxylic acids is 4. The summed E-state index contributed by atoms with van der Waals surface area (Å²) >= 11 is 0. The summed E-state index contributed by atoms with van der Waals surface area (Å²) in [5.41, 5.74) is 22.8. The number of nitrogens with zero attached hydrogens (tertiary/aromatic N) is 7. The van der Waals surface area contributed by atoms with Gasteiger partial charge in [0.1, 0.15) is 12.4 Å². The van der Waals surface area contributed by atoms with Gasteiger partial charge in [-0.1, -0.05) is 395 Å². The summed E-state index contributed by atoms with van der Waals surface area (Å²) in [4.78, 5) is 63.0. The topological polar surface area (TPSA) is 158 Å². The molecule has 17 nitrogen and oxygen atoms in total. The maximum absolute atomic E-state index is 12.5. The molecule has 7 rings (SSSR count). The highest BCUT2D eigenvalue weighted by molar-refractivity contribution is 5.96. The fourth-order valence-electron chi connectivity index (χ4n) is 18.8. The summed E-state index contributed by atoms with van der Waals surface area (Å²) in [5.74, 6) is 2.15. The number of hydrogen-bond acceptors (Lipinski definition) is 12. The molecule has 0 aromatic heterocycles. The molecule has 0 saturated heterocycles. The minimum atomic E-state index is -0.108. The molecule has 0 aromatic rings. The van der Waals surface area contributed by atoms with Crippen LogP contribution in [0.25, 0.3) is 0 Å². The van der Waals surface area contributed by atoms with E-state index in [0.717, 1.165) is 140 Å². The van der Waals surface area contributed by atoms with E-state index >= 15 is 0 Å². The number of rotatable bonds is 21. The minimum absolute atomic E-state index is 0.0116. The molecular formula is C120H227N11O6. The zero-order valence-electron chi connectivity index (χ0n) is 100.0. The molecule has 0 fully saturated rings. The number of hydrazine groups is 1. The van der Waals surface area contributed by atoms with Crippen LogP contribution >= 0.6 is 0 Å². The van der Waals surface area contributed by atoms with Crippen molar-refractivity contribution in [3.63, 3.8) is 0 Å². The van der Waals surface area contributed by atoms with Crippen LogP contribution in [0.3, 0.4) is 0 Å². The van der Waals surface area contributed by atoms with Gasteiger partial charge in [0.2, 0.25) is 5.91 Å². The van der Waals surface area contributed by atoms with Gasteiger partial charge in [0.25, 0.3) is 11.8 Å². The van der Waals surface area contributed by atoms with Gasteiger partial charge in [0.15, 0.2) is 12.5 Å². The van der Waals surface area contributed by atoms with E-state index in [0.29, 0.717) is 37.1 Å². The average Bonchev–Trinajstić information content (AvgIpc) is 1.72. The Kier molecular flexibility index (Phi) is 52.1. The van der Waals surface area contributed by atoms with Crippen molar-refractivity contribution in [1.82, 2.24) is 55.8 Å². The predicted molar refractivity (Wildman–Crippen MR) is 594 cm³/mol. The maximum atomic E-state index is 12.5. The predicted octanol–water partition coefficient (Wildman–Crippen LogP) is 29.6. The molecule has 5 amide bonds. The third-order valence-electron chi connectivity index (χ3n) is 27.3. The van der Waals surface area contributed by atoms with Crippen LogP contribution in [0.1, 0.15) is 442 Å². The number of nitrogens with one attached hydrogen (secondary N) is 4. The van der Waals surface area contributed by atoms with Gasteiger partial charge in [-0.2, -0.15) is 0 Å². The first-order valence-corrected chi connectivity index (χ1v) is 54.6. The molecular weight excluding hydrogens is 1690 g/mol. The van der Waals surface area contributed by atoms with Gasteiger partial charge in [-0.15, -0.1) is 0 Å². The number of carbonyl (C=O) groups is 4. The van der Waals surface area contributed by atoms with E-state index in [1.54, 1.807) is 16.7 Å². The number of allylic oxidation sites excluding steroid dienone is 4. The summed E-state index contributed by atoms with van der Waals surface area (Å²) in [6, 6.07) is 0.0828. The van der Waals surface area contributed by atoms with E-state index in [9.17, 15) is 19.2 Å². The van der Waals surface area contributed by atoms with Crippen molar-refractivity contribution in [3.8, 4) is 0 Å². The lowest BCUT2D eigenvalue weighted by molar-refractivity contribution is -0.134. The Labute approximate surface area is 849 Å². The quantitative estimate of drug-likeness (QED) is 0.0808. The van der Waals surface area contributed by atoms with Gasteiger partial charge in [0, 0.05) is 125 Å². The van der Waals surface area contributed by atoms with Gasteiger partial charge in [-0.25, -0.2) is 9.80 Å². The lowest BCUT2D eigenvalue weighted by atomic mass is 9.74. The Hall–Kier alpha value is -5.36. The zero-order valence-corrected chi connectivity index (χ0v) is 100.0. The van der Waals surface area contributed by atoms with Crippen molar-refractivity contribution in [1.29, 1.82) is 0 Å². The van der Waals surface area contributed by atoms with Crippen LogP contribution in [0.15, 0.2) is 90.9 Å². The largest absolute Gasteiger partial charge is 0.488 e. The van der Waals surface area contributed by atoms with Gasteiger partial charge in [-0.05, 0) is 195 Å². The smallest absolute Gasteiger partial charge is 0.317 e. The number of unbranched alkanes of at least 4 members (excludes halogenated alkanes) is 7. The molecule has 0 spiro atoms. The van der Waals surface area contributed by atoms with Crippen LogP contribution in [-0.2, 0) is 23.9 Å². The average molecular weight is 1920 g/mol. The fourth-order valence-corrected chi connectivity index (χ4v) is 18.8. The van der Waals surface area contributed by atoms with E-state index in [1.807, 2.05) is 9.80 Å². The van der Waals surface area contributed by atoms with E-state index in [4.69, 9.17) is 9.47 Å². The molecule has 0 saturated carbocycles. The van der Waals surface area contributed by atoms with Crippen molar-refractivity contribution < 1.29 is 28.7 Å². The summed E-state index contributed by atoms with van der Waals surface area (Å²) < 4.78 is 11.9. The van der Waals surface area contributed by atoms with Crippen molar-refractivity contribution in [2.24, 2.45) is 75.8 Å². The van der Waals surface area contributed by atoms with Gasteiger partial charge < -0.3 is 40.1 Å². The molecule has 0 unspecified atom stereocenters. The molecule has 798 valence electrons. The Morgan fingerprint density at radius 2 is 0.657 bits per heavy atom. The molecule has 17 heteroatoms. The summed E-state index contributed by atoms with van der Waals surface area (Å²) in [6.45, 7) is 134. The highest BCUT2D eigenvalue weighted by atomic mass is 16.5. The summed E-state index contributed by atoms with van der Waals surface area (Å²) in [5, 5.41) is 12.1. The van der Waals surface area contributed by atoms with Crippen LogP contribution in [0.5, 0.6) is 0 Å². The fraction of sp³-hybridized carbons (Fsp3) is 0.833. The molecule has 137 heavy (non-hydrogen) atoms. The molecule has 4 N–H and O–H groups in total. The van der Waals surface area contributed by atoms with Crippen molar-refractivity contribution in [2.75, 3.05) is 138 Å². The summed E-state index contributed by atoms with van der Waals surface area (Å²) in [6.07, 6.45) is 19.1. The molecule has 7 aliphatic heterocycles. The first-order chi connectivity index (χ1) is 62.1. The molecule has 0 aromatic carbocycles. The number of ether oxygens (including phenoxy) is 2. The Bertz CT molecular complexity index is 3710. The molecule has 0 aliphatic carbocycles. The van der Waals surface area contributed by atoms with Gasteiger partial charge in [-0.3, -0.25) is 34.5 Å². The van der Waals surface area contributed by atoms with Crippen molar-refractivity contribution in [3.05, 3.63) is 90.9 Å². The SMILES string of the molecule is C=C1OCC(C(C)(C)C)=C(C(C)(C)C)CN1CCCC.CCCCN1CC(=O)NC(C(C)(C)C)=C(C(C)(C)C)C1.CCCCN1CC(C(C)(C)C)=C(C(C)(C)C)C(=O)N1.CCCCN1CC(C(C)(C)C)=C(C(C)(C)C)CNC1=O.CCCCN1CC(C(C)(C)C)=C(C(C)(C)C)OCC1=O.CCCCN1CCCC(C(C)(C)C)=C(C(C)(C)C)C1.CCCCN1CCNC(C(C)(C)C)=C(C(C)(C)C)C1. The zero-order chi connectivity index (χ0) is 106. The van der Waals surface area contributed by atoms with Gasteiger partial charge in [0.05, 0.1) is 6.54 Å². The first-order valence-electron chi connectivity index (χ1n) is 54.6. The first kappa shape index (κ1) is 130. The Morgan fingerprint density at radius 3 is 1.07 bits per heavy atom. The standard InChI is InChI=1S/C18H33NO.C18H35N.2C17H32N2O.C17H34N2.C17H31NO2.C16H30N2O/c1-9-10-11-19-12-15(17(3,4)5)16(18(6,7)8)13-20-14(19)2;1-8-9-12-19-13-10-11-15(17(2,3)4)16(14-19)18(5,6)7;1-8-9-10-19-11-13(16(2,3)4)15(17(5,6)7)18-14(20)12-19;1-8-9-10-19-12-14(17(5,6)7)13(16(2,3)4)11-18-15(19)20;1-8-9-11-19-12-10-18-15(17(5,6)7)14(13-19)16(2,3)4;1-8-9-10-18-11-13(16(2,3)4)15(17(5,6)7)20-12-14(18)19;1-8-9-10-18-11-12(15(2,3)4)13(14(19)17-18)16(5,6)7/h2,9-13H2,1,3-8H3;8-14H2,1-7H3;2*8-12H2,1-7H3,(H,18,20);18H,8-13H2,1-7H3;8-12H2,1-7H3;8-11H2,1-7H3,(H,17,19). The molecule has 7 heterocycles. The van der Waals surface area contributed by atoms with Crippen LogP contribution in [0.2, 0.25) is 0 Å². The van der Waals surface area contributed by atoms with Crippen LogP contribution in [0, 0.1) is 75.8 Å². The highest BCUT2D eigenvalue weighted by Gasteiger charge is 2.42. The van der Waals surface area contributed by atoms with Crippen LogP contribution < -0.4 is 21.4 Å². The number of hydrogen-bond donors (Lipinski definition) is 4. The second-order valence-electron chi connectivity index (χ2n) is 55.2. The third-order valence-corrected chi connectivity index (χ3v) is 27.3. The molecule has 0 radical (unpaired) electrons. The molecule has 0 atom stereocenters. The van der Waals surface area contributed by atoms with Crippen molar-refractivity contribution in [2.45, 2.75) is 442 Å². The van der Waals surface area contributed by atoms with Crippen molar-refractivity contribution >= 4 is 23.8 Å². The maximum Gasteiger partial charge on any atom is 0.317 e. The second kappa shape index (κ2) is 55.1. The number of urea groups is 1. The lowest BCUT2D eigenvalue weighted by Gasteiger charge is -2.40. The number of amides is 5. The molecule has 0 bridgehead atoms. The Balaban J connectivity index is 0.000000799. The Morgan fingerprint density at radius 1 is 0.299 bits per heavy atom. The normalized spacial score (nSPS) is 18.8. The summed E-state index contributed by atoms with van der Waals surface area (Å²) in [7, 11) is 0. The minimum Gasteiger partial charge on any atom is -0.488 e. The monoisotopic (exact) mass is 1920 g/mol. The van der Waals surface area contributed by atoms with Crippen LogP contribution in [-0.4, -0.2) is 196 Å². The third kappa shape index (κ3) is 45.6. The highest BCUT2D eigenvalue weighted by Crippen LogP contribution is 2.47. The van der Waals surface area contributed by atoms with Gasteiger partial charge >= 0.3 is 6.03 Å². The van der Waals surface area contributed by atoms with E-state index in [2.05, 4.69) is 392 Å². The molecule has 7 aliphatic rings. The van der Waals surface area contributed by atoms with E-state index < -0.39 is 0 Å². The van der Waals surface area contributed by atoms with E-state index in [-0.39, 0.29) is 95.3 Å².